The molecule has 2 N–H and O–H groups in total. The summed E-state index contributed by atoms with van der Waals surface area (Å²) in [6, 6.07) is 2.76. The molecule has 2 amide bonds. The number of nitrogens with zero attached hydrogens (tertiary/aromatic N) is 5. The summed E-state index contributed by atoms with van der Waals surface area (Å²) in [7, 11) is 0.982. The number of rotatable bonds is 15. The molecule has 2 fully saturated rings. The lowest BCUT2D eigenvalue weighted by molar-refractivity contribution is -0.119. The molecule has 3 heterocycles. The Bertz CT molecular complexity index is 1470. The second kappa shape index (κ2) is 13.3. The Kier molecular flexibility index (Phi) is 9.69. The fourth-order valence-corrected chi connectivity index (χ4v) is 6.58. The van der Waals surface area contributed by atoms with E-state index in [2.05, 4.69) is 39.5 Å². The van der Waals surface area contributed by atoms with E-state index < -0.39 is 16.1 Å². The molecular formula is C32H47N7O4S. The van der Waals surface area contributed by atoms with E-state index in [1.165, 1.54) is 0 Å². The minimum absolute atomic E-state index is 0.0984. The van der Waals surface area contributed by atoms with Gasteiger partial charge in [-0.15, -0.1) is 0 Å². The van der Waals surface area contributed by atoms with Crippen molar-refractivity contribution in [2.24, 2.45) is 17.8 Å². The highest BCUT2D eigenvalue weighted by Crippen LogP contribution is 2.51. The predicted molar refractivity (Wildman–Crippen MR) is 174 cm³/mol. The Morgan fingerprint density at radius 2 is 1.82 bits per heavy atom. The van der Waals surface area contributed by atoms with Crippen LogP contribution >= 0.6 is 10.0 Å². The summed E-state index contributed by atoms with van der Waals surface area (Å²) in [6.45, 7) is 7.54. The number of methoxy groups -OCH3 is 1. The fourth-order valence-electron chi connectivity index (χ4n) is 5.96. The van der Waals surface area contributed by atoms with Gasteiger partial charge in [-0.05, 0) is 89.0 Å². The zero-order chi connectivity index (χ0) is 31.6. The van der Waals surface area contributed by atoms with Crippen LogP contribution in [0, 0.1) is 31.6 Å². The van der Waals surface area contributed by atoms with Crippen LogP contribution in [0.2, 0.25) is 0 Å². The van der Waals surface area contributed by atoms with Gasteiger partial charge in [-0.25, -0.2) is 19.7 Å². The molecule has 3 aromatic rings. The lowest BCUT2D eigenvalue weighted by Gasteiger charge is -2.27. The maximum Gasteiger partial charge on any atom is 0.270 e. The first-order valence-electron chi connectivity index (χ1n) is 15.5. The highest BCUT2D eigenvalue weighted by molar-refractivity contribution is 8.32. The van der Waals surface area contributed by atoms with Crippen molar-refractivity contribution in [1.82, 2.24) is 29.9 Å². The maximum atomic E-state index is 13.9. The molecule has 2 aliphatic carbocycles. The number of aromatic nitrogens is 5. The summed E-state index contributed by atoms with van der Waals surface area (Å²) in [5.74, 6) is 2.42. The van der Waals surface area contributed by atoms with Crippen LogP contribution in [0.25, 0.3) is 11.1 Å². The van der Waals surface area contributed by atoms with E-state index in [0.29, 0.717) is 49.0 Å². The Morgan fingerprint density at radius 1 is 1.11 bits per heavy atom. The zero-order valence-corrected chi connectivity index (χ0v) is 27.9. The molecule has 0 aliphatic heterocycles. The second-order valence-electron chi connectivity index (χ2n) is 12.9. The molecule has 0 radical (unpaired) electrons. The molecule has 3 aromatic heterocycles. The Labute approximate surface area is 261 Å². The van der Waals surface area contributed by atoms with E-state index in [1.54, 1.807) is 36.3 Å². The van der Waals surface area contributed by atoms with Crippen LogP contribution in [0.3, 0.4) is 0 Å². The molecule has 0 bridgehead atoms. The number of nitrogens with one attached hydrogen (secondary N) is 2. The monoisotopic (exact) mass is 625 g/mol. The van der Waals surface area contributed by atoms with E-state index in [4.69, 9.17) is 14.6 Å². The third-order valence-electron chi connectivity index (χ3n) is 8.58. The highest BCUT2D eigenvalue weighted by atomic mass is 32.3. The van der Waals surface area contributed by atoms with E-state index in [0.717, 1.165) is 54.0 Å². The number of aryl methyl sites for hydroxylation is 2. The summed E-state index contributed by atoms with van der Waals surface area (Å²) in [6.07, 6.45) is 14.5. The van der Waals surface area contributed by atoms with Crippen molar-refractivity contribution in [3.63, 3.8) is 0 Å². The molecule has 11 nitrogen and oxygen atoms in total. The van der Waals surface area contributed by atoms with Gasteiger partial charge in [0.05, 0.1) is 19.4 Å². The summed E-state index contributed by atoms with van der Waals surface area (Å²) >= 11 is 0. The van der Waals surface area contributed by atoms with E-state index in [9.17, 15) is 9.59 Å². The third kappa shape index (κ3) is 7.46. The molecular weight excluding hydrogens is 578 g/mol. The van der Waals surface area contributed by atoms with Crippen LogP contribution in [-0.2, 0) is 22.8 Å². The van der Waals surface area contributed by atoms with Crippen molar-refractivity contribution in [3.05, 3.63) is 41.6 Å². The molecule has 5 rings (SSSR count). The van der Waals surface area contributed by atoms with Gasteiger partial charge in [0.15, 0.2) is 0 Å². The van der Waals surface area contributed by atoms with Gasteiger partial charge < -0.3 is 20.1 Å². The number of hydrogen-bond acceptors (Lipinski definition) is 7. The quantitative estimate of drug-likeness (QED) is 0.236. The number of ether oxygens (including phenoxy) is 2. The number of carbonyl (C=O) groups excluding carboxylic acids is 2. The normalized spacial score (nSPS) is 16.2. The lowest BCUT2D eigenvalue weighted by atomic mass is 9.88. The minimum atomic E-state index is -0.669. The second-order valence-corrected chi connectivity index (χ2v) is 17.5. The topological polar surface area (TPSA) is 125 Å². The molecule has 1 atom stereocenters. The van der Waals surface area contributed by atoms with E-state index in [-0.39, 0.29) is 17.7 Å². The van der Waals surface area contributed by atoms with E-state index in [1.807, 2.05) is 25.5 Å². The Morgan fingerprint density at radius 3 is 2.43 bits per heavy atom. The van der Waals surface area contributed by atoms with Crippen molar-refractivity contribution in [1.29, 1.82) is 0 Å². The first-order chi connectivity index (χ1) is 21.0. The van der Waals surface area contributed by atoms with E-state index >= 15 is 0 Å². The van der Waals surface area contributed by atoms with Crippen molar-refractivity contribution >= 4 is 27.7 Å². The molecule has 2 saturated carbocycles. The van der Waals surface area contributed by atoms with Crippen molar-refractivity contribution in [2.45, 2.75) is 65.8 Å². The minimum Gasteiger partial charge on any atom is -0.496 e. The number of amides is 2. The average molecular weight is 626 g/mol. The smallest absolute Gasteiger partial charge is 0.270 e. The van der Waals surface area contributed by atoms with Crippen LogP contribution in [0.5, 0.6) is 5.75 Å². The van der Waals surface area contributed by atoms with Crippen LogP contribution in [0.1, 0.15) is 54.5 Å². The van der Waals surface area contributed by atoms with Crippen LogP contribution in [-0.4, -0.2) is 80.6 Å². The van der Waals surface area contributed by atoms with Gasteiger partial charge in [-0.1, -0.05) is 0 Å². The molecule has 0 spiro atoms. The molecule has 2 aliphatic rings. The molecule has 44 heavy (non-hydrogen) atoms. The summed E-state index contributed by atoms with van der Waals surface area (Å²) in [5, 5.41) is 15.0. The Balaban J connectivity index is 1.34. The van der Waals surface area contributed by atoms with Crippen LogP contribution in [0.15, 0.2) is 24.5 Å². The highest BCUT2D eigenvalue weighted by Gasteiger charge is 2.48. The number of carbonyl (C=O) groups is 2. The van der Waals surface area contributed by atoms with Crippen molar-refractivity contribution < 1.29 is 19.1 Å². The largest absolute Gasteiger partial charge is 0.496 e. The maximum absolute atomic E-state index is 13.9. The fraction of sp³-hybridized carbons (Fsp3) is 0.594. The van der Waals surface area contributed by atoms with Gasteiger partial charge in [-0.3, -0.25) is 14.3 Å². The molecule has 1 unspecified atom stereocenters. The summed E-state index contributed by atoms with van der Waals surface area (Å²) in [5.41, 5.74) is 3.96. The van der Waals surface area contributed by atoms with Gasteiger partial charge in [0.1, 0.15) is 30.0 Å². The van der Waals surface area contributed by atoms with Crippen LogP contribution in [0.4, 0.5) is 5.82 Å². The lowest BCUT2D eigenvalue weighted by Crippen LogP contribution is -2.50. The number of anilines is 1. The summed E-state index contributed by atoms with van der Waals surface area (Å²) < 4.78 is 15.2. The zero-order valence-electron chi connectivity index (χ0n) is 27.1. The van der Waals surface area contributed by atoms with Crippen LogP contribution < -0.4 is 15.4 Å². The van der Waals surface area contributed by atoms with Gasteiger partial charge in [0, 0.05) is 47.6 Å². The van der Waals surface area contributed by atoms with Crippen molar-refractivity contribution in [3.8, 4) is 16.9 Å². The molecule has 12 heteroatoms. The van der Waals surface area contributed by atoms with Gasteiger partial charge in [-0.2, -0.15) is 10.2 Å². The SMILES string of the molecule is CCn1nccc1C(=O)NC(C(=O)Nc1cc(OC)c(-c2c(C)nn(COCCS(C)(C)C)c2C)cn1)C(C1CC1)C1CC1. The first-order valence-corrected chi connectivity index (χ1v) is 18.5. The van der Waals surface area contributed by atoms with Gasteiger partial charge >= 0.3 is 0 Å². The van der Waals surface area contributed by atoms with Gasteiger partial charge in [0.25, 0.3) is 5.91 Å². The standard InChI is InChI=1S/C32H47N7O4S/c1-8-38-25(13-14-34-38)31(40)36-30(29(22-9-10-22)23-11-12-23)32(41)35-27-17-26(42-4)24(18-33-27)28-20(2)37-39(21(28)3)19-43-15-16-44(5,6)7/h13-14,17-18,22-23,29-30H,8-12,15-16,19H2,1-7H3,(H,36,40)(H,33,35,41). The van der Waals surface area contributed by atoms with Crippen molar-refractivity contribution in [2.75, 3.05) is 43.6 Å². The number of pyridine rings is 1. The first kappa shape index (κ1) is 32.0. The molecule has 0 aromatic carbocycles. The summed E-state index contributed by atoms with van der Waals surface area (Å²) in [4.78, 5) is 31.8. The Hall–Kier alpha value is -3.38. The van der Waals surface area contributed by atoms with Gasteiger partial charge in [0.2, 0.25) is 5.91 Å². The number of hydrogen-bond donors (Lipinski definition) is 2. The molecule has 0 saturated heterocycles. The predicted octanol–water partition coefficient (Wildman–Crippen LogP) is 4.63. The third-order valence-corrected chi connectivity index (χ3v) is 9.97. The average Bonchev–Trinajstić information content (AvgIpc) is 3.92. The molecule has 240 valence electrons.